The Morgan fingerprint density at radius 3 is 2.44 bits per heavy atom. The lowest BCUT2D eigenvalue weighted by Crippen LogP contribution is -2.27. The second kappa shape index (κ2) is 6.40. The summed E-state index contributed by atoms with van der Waals surface area (Å²) >= 11 is 0. The molecular weight excluding hydrogens is 357 g/mol. The number of likely N-dealkylation sites (N-methyl/N-ethyl adjacent to an activating group) is 1. The van der Waals surface area contributed by atoms with Gasteiger partial charge in [0.25, 0.3) is 5.56 Å². The average molecular weight is 376 g/mol. The molecule has 0 N–H and O–H groups in total. The van der Waals surface area contributed by atoms with Gasteiger partial charge in [0.15, 0.2) is 5.78 Å². The van der Waals surface area contributed by atoms with Crippen LogP contribution in [0.25, 0.3) is 0 Å². The van der Waals surface area contributed by atoms with Crippen molar-refractivity contribution in [3.8, 4) is 0 Å². The van der Waals surface area contributed by atoms with Crippen molar-refractivity contribution in [3.05, 3.63) is 75.8 Å². The number of benzene rings is 1. The molecule has 0 saturated carbocycles. The van der Waals surface area contributed by atoms with Gasteiger partial charge < -0.3 is 9.47 Å². The maximum atomic E-state index is 12.9. The third kappa shape index (κ3) is 3.41. The van der Waals surface area contributed by atoms with Crippen molar-refractivity contribution in [1.29, 1.82) is 0 Å². The average Bonchev–Trinajstić information content (AvgIpc) is 2.77. The number of nitrogens with zero attached hydrogens (tertiary/aromatic N) is 2. The number of allylic oxidation sites excluding steroid dienone is 2. The first-order valence-electron chi connectivity index (χ1n) is 8.38. The number of alkyl halides is 3. The highest BCUT2D eigenvalue weighted by Gasteiger charge is 2.38. The van der Waals surface area contributed by atoms with Gasteiger partial charge in [0.1, 0.15) is 0 Å². The van der Waals surface area contributed by atoms with E-state index in [0.29, 0.717) is 12.3 Å². The second-order valence-electron chi connectivity index (χ2n) is 7.08. The highest BCUT2D eigenvalue weighted by Crippen LogP contribution is 2.46. The summed E-state index contributed by atoms with van der Waals surface area (Å²) in [5, 5.41) is 0. The number of halogens is 3. The Balaban J connectivity index is 1.92. The molecule has 0 amide bonds. The fourth-order valence-corrected chi connectivity index (χ4v) is 3.45. The molecule has 0 saturated heterocycles. The number of ketones is 1. The van der Waals surface area contributed by atoms with E-state index in [0.717, 1.165) is 27.6 Å². The molecule has 27 heavy (non-hydrogen) atoms. The number of carbonyl (C=O) groups excluding carboxylic acids is 1. The Morgan fingerprint density at radius 2 is 1.81 bits per heavy atom. The van der Waals surface area contributed by atoms with Gasteiger partial charge in [-0.25, -0.2) is 0 Å². The van der Waals surface area contributed by atoms with Crippen LogP contribution in [0.15, 0.2) is 59.2 Å². The standard InChI is InChI=1S/C20H19F3N2O2/c1-19(2)15-6-4-5-7-16(15)24(3)17(19)10-14(26)12-25-11-13(20(21,22)23)8-9-18(25)27/h4-11H,12H2,1-3H3. The zero-order chi connectivity index (χ0) is 20.0. The van der Waals surface area contributed by atoms with Gasteiger partial charge in [-0.1, -0.05) is 32.0 Å². The predicted molar refractivity (Wildman–Crippen MR) is 96.7 cm³/mol. The lowest BCUT2D eigenvalue weighted by atomic mass is 9.83. The Morgan fingerprint density at radius 1 is 1.15 bits per heavy atom. The highest BCUT2D eigenvalue weighted by atomic mass is 19.4. The molecule has 1 aromatic carbocycles. The van der Waals surface area contributed by atoms with Crippen LogP contribution < -0.4 is 10.5 Å². The van der Waals surface area contributed by atoms with E-state index in [9.17, 15) is 22.8 Å². The largest absolute Gasteiger partial charge is 0.417 e. The first-order chi connectivity index (χ1) is 12.5. The zero-order valence-electron chi connectivity index (χ0n) is 15.2. The van der Waals surface area contributed by atoms with Crippen LogP contribution in [0, 0.1) is 0 Å². The summed E-state index contributed by atoms with van der Waals surface area (Å²) in [6, 6.07) is 9.28. The van der Waals surface area contributed by atoms with Gasteiger partial charge in [-0.05, 0) is 17.7 Å². The summed E-state index contributed by atoms with van der Waals surface area (Å²) in [5.41, 5.74) is 0.708. The summed E-state index contributed by atoms with van der Waals surface area (Å²) in [4.78, 5) is 26.3. The van der Waals surface area contributed by atoms with E-state index < -0.39 is 35.0 Å². The molecule has 0 radical (unpaired) electrons. The van der Waals surface area contributed by atoms with Gasteiger partial charge in [-0.3, -0.25) is 9.59 Å². The number of fused-ring (bicyclic) bond motifs is 1. The second-order valence-corrected chi connectivity index (χ2v) is 7.08. The molecule has 2 heterocycles. The van der Waals surface area contributed by atoms with Crippen LogP contribution in [0.5, 0.6) is 0 Å². The maximum Gasteiger partial charge on any atom is 0.417 e. The van der Waals surface area contributed by atoms with Crippen LogP contribution in [0.1, 0.15) is 25.0 Å². The third-order valence-electron chi connectivity index (χ3n) is 4.88. The molecule has 0 bridgehead atoms. The van der Waals surface area contributed by atoms with Gasteiger partial charge in [-0.15, -0.1) is 0 Å². The van der Waals surface area contributed by atoms with Crippen molar-refractivity contribution in [2.75, 3.05) is 11.9 Å². The van der Waals surface area contributed by atoms with E-state index in [1.807, 2.05) is 50.1 Å². The Hall–Kier alpha value is -2.83. The number of para-hydroxylation sites is 1. The minimum atomic E-state index is -4.58. The minimum absolute atomic E-state index is 0.431. The van der Waals surface area contributed by atoms with Crippen molar-refractivity contribution in [2.45, 2.75) is 32.0 Å². The van der Waals surface area contributed by atoms with Crippen molar-refractivity contribution < 1.29 is 18.0 Å². The number of hydrogen-bond donors (Lipinski definition) is 0. The van der Waals surface area contributed by atoms with Gasteiger partial charge in [-0.2, -0.15) is 13.2 Å². The molecule has 0 spiro atoms. The molecule has 1 aliphatic rings. The van der Waals surface area contributed by atoms with Crippen molar-refractivity contribution in [2.24, 2.45) is 0 Å². The van der Waals surface area contributed by atoms with E-state index in [2.05, 4.69) is 0 Å². The monoisotopic (exact) mass is 376 g/mol. The maximum absolute atomic E-state index is 12.9. The smallest absolute Gasteiger partial charge is 0.347 e. The number of carbonyl (C=O) groups is 1. The molecule has 1 aliphatic heterocycles. The van der Waals surface area contributed by atoms with Gasteiger partial charge in [0.2, 0.25) is 0 Å². The third-order valence-corrected chi connectivity index (χ3v) is 4.88. The summed E-state index contributed by atoms with van der Waals surface area (Å²) in [6.07, 6.45) is -2.49. The van der Waals surface area contributed by atoms with Gasteiger partial charge in [0.05, 0.1) is 12.1 Å². The molecule has 142 valence electrons. The summed E-state index contributed by atoms with van der Waals surface area (Å²) in [6.45, 7) is 3.50. The van der Waals surface area contributed by atoms with Crippen LogP contribution in [-0.2, 0) is 22.9 Å². The van der Waals surface area contributed by atoms with Gasteiger partial charge in [0, 0.05) is 42.2 Å². The number of pyridine rings is 1. The van der Waals surface area contributed by atoms with Crippen molar-refractivity contribution in [1.82, 2.24) is 4.57 Å². The normalized spacial score (nSPS) is 17.3. The minimum Gasteiger partial charge on any atom is -0.347 e. The molecular formula is C20H19F3N2O2. The highest BCUT2D eigenvalue weighted by molar-refractivity contribution is 5.92. The number of rotatable bonds is 3. The fraction of sp³-hybridized carbons (Fsp3) is 0.300. The summed E-state index contributed by atoms with van der Waals surface area (Å²) in [5.74, 6) is -0.445. The van der Waals surface area contributed by atoms with Crippen molar-refractivity contribution >= 4 is 11.5 Å². The summed E-state index contributed by atoms with van der Waals surface area (Å²) in [7, 11) is 1.84. The predicted octanol–water partition coefficient (Wildman–Crippen LogP) is 3.75. The lowest BCUT2D eigenvalue weighted by Gasteiger charge is -2.24. The van der Waals surface area contributed by atoms with Crippen LogP contribution in [0.4, 0.5) is 18.9 Å². The van der Waals surface area contributed by atoms with E-state index in [-0.39, 0.29) is 0 Å². The van der Waals surface area contributed by atoms with Crippen molar-refractivity contribution in [3.63, 3.8) is 0 Å². The van der Waals surface area contributed by atoms with E-state index >= 15 is 0 Å². The zero-order valence-corrected chi connectivity index (χ0v) is 15.2. The molecule has 0 unspecified atom stereocenters. The Kier molecular flexibility index (Phi) is 4.49. The first kappa shape index (κ1) is 18.9. The van der Waals surface area contributed by atoms with E-state index in [1.54, 1.807) is 0 Å². The Labute approximate surface area is 154 Å². The molecule has 4 nitrogen and oxygen atoms in total. The van der Waals surface area contributed by atoms with E-state index in [1.165, 1.54) is 6.08 Å². The van der Waals surface area contributed by atoms with Crippen LogP contribution in [-0.4, -0.2) is 17.4 Å². The van der Waals surface area contributed by atoms with Crippen LogP contribution in [0.2, 0.25) is 0 Å². The lowest BCUT2D eigenvalue weighted by molar-refractivity contribution is -0.138. The molecule has 2 aromatic rings. The number of anilines is 1. The first-order valence-corrected chi connectivity index (χ1v) is 8.38. The molecule has 0 fully saturated rings. The topological polar surface area (TPSA) is 42.3 Å². The number of aromatic nitrogens is 1. The SMILES string of the molecule is CN1C(=CC(=O)Cn2cc(C(F)(F)F)ccc2=O)C(C)(C)c2ccccc21. The number of hydrogen-bond acceptors (Lipinski definition) is 3. The quantitative estimate of drug-likeness (QED) is 0.767. The Bertz CT molecular complexity index is 987. The molecule has 0 atom stereocenters. The van der Waals surface area contributed by atoms with Crippen LogP contribution in [0.3, 0.4) is 0 Å². The summed E-state index contributed by atoms with van der Waals surface area (Å²) < 4.78 is 39.3. The van der Waals surface area contributed by atoms with E-state index in [4.69, 9.17) is 0 Å². The molecule has 7 heteroatoms. The molecule has 0 aliphatic carbocycles. The molecule has 1 aromatic heterocycles. The van der Waals surface area contributed by atoms with Crippen LogP contribution >= 0.6 is 0 Å². The fourth-order valence-electron chi connectivity index (χ4n) is 3.45. The molecule has 3 rings (SSSR count). The van der Waals surface area contributed by atoms with Gasteiger partial charge >= 0.3 is 6.18 Å².